The van der Waals surface area contributed by atoms with E-state index >= 15 is 0 Å². The number of hydrogen-bond donors (Lipinski definition) is 2. The molecule has 0 bridgehead atoms. The van der Waals surface area contributed by atoms with E-state index < -0.39 is 10.4 Å². The molecule has 0 fully saturated rings. The first-order valence-electron chi connectivity index (χ1n) is 10.8. The van der Waals surface area contributed by atoms with Crippen molar-refractivity contribution < 1.29 is 22.3 Å². The molecule has 0 aliphatic carbocycles. The fourth-order valence-electron chi connectivity index (χ4n) is 3.40. The molecule has 0 heterocycles. The maximum atomic E-state index is 10.8. The Labute approximate surface area is 171 Å². The van der Waals surface area contributed by atoms with Gasteiger partial charge in [0.05, 0.1) is 0 Å². The fourth-order valence-corrected chi connectivity index (χ4v) is 3.74. The Hall–Kier alpha value is -1.27. The Bertz CT molecular complexity index is 642. The molecule has 0 amide bonds. The third-order valence-corrected chi connectivity index (χ3v) is 5.66. The molecule has 0 aliphatic heterocycles. The van der Waals surface area contributed by atoms with Crippen LogP contribution in [0.5, 0.6) is 11.5 Å². The highest BCUT2D eigenvalue weighted by Crippen LogP contribution is 2.24. The number of aryl methyl sites for hydroxylation is 1. The first-order valence-corrected chi connectivity index (χ1v) is 12.2. The number of phenols is 1. The molecular formula is C22H38O5S. The molecule has 1 aromatic rings. The van der Waals surface area contributed by atoms with Crippen LogP contribution in [0.15, 0.2) is 18.2 Å². The monoisotopic (exact) mass is 414 g/mol. The van der Waals surface area contributed by atoms with Crippen molar-refractivity contribution in [2.75, 3.05) is 0 Å². The van der Waals surface area contributed by atoms with Crippen molar-refractivity contribution in [2.24, 2.45) is 5.92 Å². The lowest BCUT2D eigenvalue weighted by molar-refractivity contribution is 0.385. The Morgan fingerprint density at radius 2 is 1.43 bits per heavy atom. The van der Waals surface area contributed by atoms with Crippen molar-refractivity contribution in [1.29, 1.82) is 0 Å². The highest BCUT2D eigenvalue weighted by molar-refractivity contribution is 7.81. The lowest BCUT2D eigenvalue weighted by Crippen LogP contribution is -2.06. The number of aromatic hydroxyl groups is 1. The number of benzene rings is 1. The minimum Gasteiger partial charge on any atom is -0.508 e. The Morgan fingerprint density at radius 1 is 0.893 bits per heavy atom. The molecule has 0 saturated heterocycles. The number of hydrogen-bond acceptors (Lipinski definition) is 4. The smallest absolute Gasteiger partial charge is 0.446 e. The number of phenolic OH excluding ortho intramolecular Hbond substituents is 1. The van der Waals surface area contributed by atoms with Crippen LogP contribution in [0.4, 0.5) is 0 Å². The lowest BCUT2D eigenvalue weighted by Gasteiger charge is -2.08. The minimum absolute atomic E-state index is 0.0679. The summed E-state index contributed by atoms with van der Waals surface area (Å²) in [7, 11) is -4.57. The van der Waals surface area contributed by atoms with E-state index in [1.54, 1.807) is 6.07 Å². The number of rotatable bonds is 16. The van der Waals surface area contributed by atoms with Gasteiger partial charge < -0.3 is 9.29 Å². The molecule has 0 aliphatic rings. The first-order chi connectivity index (χ1) is 13.3. The van der Waals surface area contributed by atoms with Crippen molar-refractivity contribution in [2.45, 2.75) is 97.3 Å². The molecule has 0 saturated carbocycles. The molecule has 5 nitrogen and oxygen atoms in total. The van der Waals surface area contributed by atoms with Crippen LogP contribution in [0, 0.1) is 5.92 Å². The molecule has 0 spiro atoms. The van der Waals surface area contributed by atoms with Gasteiger partial charge in [-0.2, -0.15) is 8.42 Å². The van der Waals surface area contributed by atoms with E-state index in [0.29, 0.717) is 0 Å². The molecule has 0 unspecified atom stereocenters. The van der Waals surface area contributed by atoms with Crippen LogP contribution in [-0.4, -0.2) is 18.1 Å². The molecule has 162 valence electrons. The summed E-state index contributed by atoms with van der Waals surface area (Å²) in [5.74, 6) is 0.739. The van der Waals surface area contributed by atoms with Crippen molar-refractivity contribution in [3.8, 4) is 11.5 Å². The van der Waals surface area contributed by atoms with Crippen LogP contribution < -0.4 is 4.18 Å². The van der Waals surface area contributed by atoms with Crippen molar-refractivity contribution >= 4 is 10.4 Å². The van der Waals surface area contributed by atoms with E-state index in [-0.39, 0.29) is 11.5 Å². The summed E-state index contributed by atoms with van der Waals surface area (Å²) in [6, 6.07) is 4.30. The van der Waals surface area contributed by atoms with Gasteiger partial charge in [0.15, 0.2) is 0 Å². The summed E-state index contributed by atoms with van der Waals surface area (Å²) in [6.45, 7) is 4.61. The van der Waals surface area contributed by atoms with Gasteiger partial charge in [0, 0.05) is 6.07 Å². The highest BCUT2D eigenvalue weighted by Gasteiger charge is 2.09. The van der Waals surface area contributed by atoms with E-state index in [4.69, 9.17) is 4.55 Å². The van der Waals surface area contributed by atoms with E-state index in [1.807, 2.05) is 0 Å². The first kappa shape index (κ1) is 24.8. The summed E-state index contributed by atoms with van der Waals surface area (Å²) in [6.07, 6.45) is 16.0. The van der Waals surface area contributed by atoms with Gasteiger partial charge in [-0.15, -0.1) is 0 Å². The van der Waals surface area contributed by atoms with Crippen LogP contribution in [0.1, 0.15) is 96.5 Å². The summed E-state index contributed by atoms with van der Waals surface area (Å²) >= 11 is 0. The van der Waals surface area contributed by atoms with Gasteiger partial charge in [0.25, 0.3) is 0 Å². The standard InChI is InChI=1S/C22H38O5S/c1-3-19(2)14-12-10-8-6-4-5-7-9-11-13-15-20-16-21(23)18-22(17-20)27-28(24,25)26/h16-19,23H,3-15H2,1-2H3,(H,24,25,26)/t19-/m0/s1. The average molecular weight is 415 g/mol. The summed E-state index contributed by atoms with van der Waals surface area (Å²) < 4.78 is 34.7. The molecule has 2 N–H and O–H groups in total. The second kappa shape index (κ2) is 13.8. The number of unbranched alkanes of at least 4 members (excludes halogenated alkanes) is 9. The Balaban J connectivity index is 2.06. The second-order valence-electron chi connectivity index (χ2n) is 7.93. The second-order valence-corrected chi connectivity index (χ2v) is 8.96. The summed E-state index contributed by atoms with van der Waals surface area (Å²) in [5, 5.41) is 9.65. The quantitative estimate of drug-likeness (QED) is 0.240. The van der Waals surface area contributed by atoms with Crippen LogP contribution in [0.2, 0.25) is 0 Å². The molecule has 0 aromatic heterocycles. The maximum absolute atomic E-state index is 10.8. The Kier molecular flexibility index (Phi) is 12.2. The molecule has 28 heavy (non-hydrogen) atoms. The zero-order valence-electron chi connectivity index (χ0n) is 17.5. The predicted octanol–water partition coefficient (Wildman–Crippen LogP) is 6.45. The van der Waals surface area contributed by atoms with Crippen LogP contribution in [-0.2, 0) is 16.8 Å². The summed E-state index contributed by atoms with van der Waals surface area (Å²) in [5.41, 5.74) is 0.802. The van der Waals surface area contributed by atoms with Gasteiger partial charge in [0.1, 0.15) is 11.5 Å². The van der Waals surface area contributed by atoms with Gasteiger partial charge in [0.2, 0.25) is 0 Å². The topological polar surface area (TPSA) is 83.8 Å². The zero-order valence-corrected chi connectivity index (χ0v) is 18.3. The average Bonchev–Trinajstić information content (AvgIpc) is 2.60. The third kappa shape index (κ3) is 13.0. The van der Waals surface area contributed by atoms with Gasteiger partial charge in [-0.05, 0) is 36.5 Å². The fraction of sp³-hybridized carbons (Fsp3) is 0.727. The van der Waals surface area contributed by atoms with Gasteiger partial charge in [-0.1, -0.05) is 84.5 Å². The van der Waals surface area contributed by atoms with Crippen LogP contribution in [0.25, 0.3) is 0 Å². The van der Waals surface area contributed by atoms with Crippen LogP contribution >= 0.6 is 0 Å². The predicted molar refractivity (Wildman–Crippen MR) is 114 cm³/mol. The molecule has 1 rings (SSSR count). The van der Waals surface area contributed by atoms with Gasteiger partial charge in [-0.25, -0.2) is 0 Å². The summed E-state index contributed by atoms with van der Waals surface area (Å²) in [4.78, 5) is 0. The van der Waals surface area contributed by atoms with Crippen molar-refractivity contribution in [1.82, 2.24) is 0 Å². The largest absolute Gasteiger partial charge is 0.508 e. The van der Waals surface area contributed by atoms with E-state index in [2.05, 4.69) is 18.0 Å². The molecule has 1 atom stereocenters. The van der Waals surface area contributed by atoms with E-state index in [0.717, 1.165) is 30.7 Å². The van der Waals surface area contributed by atoms with Crippen molar-refractivity contribution in [3.05, 3.63) is 23.8 Å². The van der Waals surface area contributed by atoms with E-state index in [1.165, 1.54) is 76.3 Å². The molecule has 1 aromatic carbocycles. The van der Waals surface area contributed by atoms with Crippen molar-refractivity contribution in [3.63, 3.8) is 0 Å². The normalized spacial score (nSPS) is 12.8. The third-order valence-electron chi connectivity index (χ3n) is 5.26. The zero-order chi connectivity index (χ0) is 20.8. The molecule has 0 radical (unpaired) electrons. The minimum atomic E-state index is -4.57. The van der Waals surface area contributed by atoms with Gasteiger partial charge in [-0.3, -0.25) is 4.55 Å². The van der Waals surface area contributed by atoms with Crippen LogP contribution in [0.3, 0.4) is 0 Å². The maximum Gasteiger partial charge on any atom is 0.446 e. The lowest BCUT2D eigenvalue weighted by atomic mass is 9.99. The van der Waals surface area contributed by atoms with Gasteiger partial charge >= 0.3 is 10.4 Å². The Morgan fingerprint density at radius 3 is 1.96 bits per heavy atom. The molecule has 6 heteroatoms. The SMILES string of the molecule is CC[C@H](C)CCCCCCCCCCCCc1cc(O)cc(OS(=O)(=O)O)c1. The van der Waals surface area contributed by atoms with E-state index in [9.17, 15) is 13.5 Å². The molecular weight excluding hydrogens is 376 g/mol. The highest BCUT2D eigenvalue weighted by atomic mass is 32.3.